The summed E-state index contributed by atoms with van der Waals surface area (Å²) in [5, 5.41) is 3.58. The molecule has 2 amide bonds. The topological polar surface area (TPSA) is 52.7 Å². The predicted octanol–water partition coefficient (Wildman–Crippen LogP) is 3.83. The highest BCUT2D eigenvalue weighted by atomic mass is 35.5. The molecule has 0 saturated carbocycles. The van der Waals surface area contributed by atoms with E-state index in [9.17, 15) is 9.59 Å². The van der Waals surface area contributed by atoms with Gasteiger partial charge < -0.3 is 15.1 Å². The lowest BCUT2D eigenvalue weighted by Gasteiger charge is -2.37. The normalized spacial score (nSPS) is 14.3. The van der Waals surface area contributed by atoms with Gasteiger partial charge in [0.15, 0.2) is 0 Å². The smallest absolute Gasteiger partial charge is 0.228 e. The van der Waals surface area contributed by atoms with Gasteiger partial charge in [-0.15, -0.1) is 0 Å². The molecule has 1 N–H and O–H groups in total. The average molecular weight is 400 g/mol. The van der Waals surface area contributed by atoms with Crippen molar-refractivity contribution >= 4 is 34.8 Å². The van der Waals surface area contributed by atoms with Gasteiger partial charge in [0.1, 0.15) is 0 Å². The lowest BCUT2D eigenvalue weighted by Crippen LogP contribution is -2.50. The van der Waals surface area contributed by atoms with Crippen molar-refractivity contribution in [2.24, 2.45) is 5.92 Å². The molecule has 0 spiro atoms. The van der Waals surface area contributed by atoms with Crippen LogP contribution in [0, 0.1) is 5.92 Å². The van der Waals surface area contributed by atoms with Gasteiger partial charge in [-0.2, -0.15) is 0 Å². The Balaban J connectivity index is 1.69. The van der Waals surface area contributed by atoms with E-state index >= 15 is 0 Å². The van der Waals surface area contributed by atoms with Crippen LogP contribution in [0.4, 0.5) is 11.4 Å². The van der Waals surface area contributed by atoms with Crippen molar-refractivity contribution in [3.05, 3.63) is 59.1 Å². The monoisotopic (exact) mass is 399 g/mol. The van der Waals surface area contributed by atoms with E-state index in [-0.39, 0.29) is 17.7 Å². The number of carbonyl (C=O) groups excluding carboxylic acids is 2. The Hall–Kier alpha value is -2.53. The van der Waals surface area contributed by atoms with Crippen molar-refractivity contribution in [3.63, 3.8) is 0 Å². The van der Waals surface area contributed by atoms with Crippen LogP contribution >= 0.6 is 11.6 Å². The summed E-state index contributed by atoms with van der Waals surface area (Å²) in [6.07, 6.45) is 0.309. The number of rotatable bonds is 5. The number of hydrogen-bond donors (Lipinski definition) is 1. The van der Waals surface area contributed by atoms with Crippen molar-refractivity contribution < 1.29 is 9.59 Å². The van der Waals surface area contributed by atoms with E-state index in [1.165, 1.54) is 0 Å². The Labute approximate surface area is 171 Å². The van der Waals surface area contributed by atoms with Gasteiger partial charge in [0.2, 0.25) is 11.8 Å². The highest BCUT2D eigenvalue weighted by Gasteiger charge is 2.24. The first-order valence-electron chi connectivity index (χ1n) is 9.61. The van der Waals surface area contributed by atoms with Gasteiger partial charge >= 0.3 is 0 Å². The fourth-order valence-corrected chi connectivity index (χ4v) is 3.56. The van der Waals surface area contributed by atoms with Crippen molar-refractivity contribution in [2.45, 2.75) is 20.3 Å². The highest BCUT2D eigenvalue weighted by Crippen LogP contribution is 2.30. The number of amides is 2. The summed E-state index contributed by atoms with van der Waals surface area (Å²) in [6.45, 7) is 6.65. The standard InChI is InChI=1S/C22H26ClN3O2/c1-16(2)22(28)26-12-10-25(11-13-26)20-9-8-18(23)15-19(20)24-21(27)14-17-6-4-3-5-7-17/h3-9,15-16H,10-14H2,1-2H3,(H,24,27). The number of hydrogen-bond acceptors (Lipinski definition) is 3. The minimum absolute atomic E-state index is 0.00918. The van der Waals surface area contributed by atoms with Gasteiger partial charge in [-0.25, -0.2) is 0 Å². The van der Waals surface area contributed by atoms with Crippen molar-refractivity contribution in [2.75, 3.05) is 36.4 Å². The fraction of sp³-hybridized carbons (Fsp3) is 0.364. The van der Waals surface area contributed by atoms with E-state index in [4.69, 9.17) is 11.6 Å². The number of benzene rings is 2. The molecule has 0 radical (unpaired) electrons. The Kier molecular flexibility index (Phi) is 6.57. The molecule has 0 unspecified atom stereocenters. The molecule has 148 valence electrons. The number of nitrogens with zero attached hydrogens (tertiary/aromatic N) is 2. The molecule has 1 aliphatic rings. The van der Waals surface area contributed by atoms with Gasteiger partial charge in [-0.3, -0.25) is 9.59 Å². The van der Waals surface area contributed by atoms with E-state index in [0.29, 0.717) is 30.2 Å². The first-order valence-corrected chi connectivity index (χ1v) is 9.99. The molecule has 0 atom stereocenters. The number of anilines is 2. The van der Waals surface area contributed by atoms with Gasteiger partial charge in [0, 0.05) is 37.1 Å². The molecule has 28 heavy (non-hydrogen) atoms. The minimum Gasteiger partial charge on any atom is -0.366 e. The lowest BCUT2D eigenvalue weighted by atomic mass is 10.1. The molecule has 0 aromatic heterocycles. The summed E-state index contributed by atoms with van der Waals surface area (Å²) in [5.41, 5.74) is 2.60. The van der Waals surface area contributed by atoms with E-state index in [1.54, 1.807) is 6.07 Å². The van der Waals surface area contributed by atoms with E-state index in [0.717, 1.165) is 24.3 Å². The number of halogens is 1. The van der Waals surface area contributed by atoms with E-state index in [1.807, 2.05) is 61.2 Å². The second-order valence-electron chi connectivity index (χ2n) is 7.34. The summed E-state index contributed by atoms with van der Waals surface area (Å²) in [5.74, 6) is 0.116. The van der Waals surface area contributed by atoms with Gasteiger partial charge in [0.25, 0.3) is 0 Å². The quantitative estimate of drug-likeness (QED) is 0.831. The molecule has 1 fully saturated rings. The lowest BCUT2D eigenvalue weighted by molar-refractivity contribution is -0.134. The van der Waals surface area contributed by atoms with Gasteiger partial charge in [0.05, 0.1) is 17.8 Å². The zero-order valence-electron chi connectivity index (χ0n) is 16.3. The second kappa shape index (κ2) is 9.11. The molecule has 5 nitrogen and oxygen atoms in total. The Bertz CT molecular complexity index is 831. The summed E-state index contributed by atoms with van der Waals surface area (Å²) >= 11 is 6.18. The second-order valence-corrected chi connectivity index (χ2v) is 7.78. The summed E-state index contributed by atoms with van der Waals surface area (Å²) in [6, 6.07) is 15.2. The molecule has 2 aromatic carbocycles. The van der Waals surface area contributed by atoms with Crippen LogP contribution in [0.2, 0.25) is 5.02 Å². The van der Waals surface area contributed by atoms with Crippen LogP contribution in [0.15, 0.2) is 48.5 Å². The maximum Gasteiger partial charge on any atom is 0.228 e. The summed E-state index contributed by atoms with van der Waals surface area (Å²) in [4.78, 5) is 28.8. The van der Waals surface area contributed by atoms with Crippen LogP contribution in [0.1, 0.15) is 19.4 Å². The third-order valence-corrected chi connectivity index (χ3v) is 5.10. The largest absolute Gasteiger partial charge is 0.366 e. The maximum absolute atomic E-state index is 12.5. The molecule has 0 bridgehead atoms. The number of piperazine rings is 1. The van der Waals surface area contributed by atoms with Crippen LogP contribution in [0.5, 0.6) is 0 Å². The van der Waals surface area contributed by atoms with Crippen molar-refractivity contribution in [1.29, 1.82) is 0 Å². The third kappa shape index (κ3) is 5.04. The number of nitrogens with one attached hydrogen (secondary N) is 1. The molecule has 6 heteroatoms. The zero-order chi connectivity index (χ0) is 20.1. The van der Waals surface area contributed by atoms with E-state index in [2.05, 4.69) is 10.2 Å². The van der Waals surface area contributed by atoms with Gasteiger partial charge in [-0.05, 0) is 23.8 Å². The van der Waals surface area contributed by atoms with E-state index < -0.39 is 0 Å². The van der Waals surface area contributed by atoms with Crippen LogP contribution in [-0.2, 0) is 16.0 Å². The Morgan fingerprint density at radius 1 is 1.04 bits per heavy atom. The molecule has 1 heterocycles. The Morgan fingerprint density at radius 2 is 1.71 bits per heavy atom. The molecule has 2 aromatic rings. The molecule has 3 rings (SSSR count). The third-order valence-electron chi connectivity index (χ3n) is 4.87. The maximum atomic E-state index is 12.5. The van der Waals surface area contributed by atoms with Crippen LogP contribution in [0.3, 0.4) is 0 Å². The van der Waals surface area contributed by atoms with Gasteiger partial charge in [-0.1, -0.05) is 55.8 Å². The highest BCUT2D eigenvalue weighted by molar-refractivity contribution is 6.31. The molecule has 1 aliphatic heterocycles. The van der Waals surface area contributed by atoms with Crippen LogP contribution in [-0.4, -0.2) is 42.9 Å². The molecule has 1 saturated heterocycles. The minimum atomic E-state index is -0.0802. The first kappa shape index (κ1) is 20.2. The first-order chi connectivity index (χ1) is 13.4. The van der Waals surface area contributed by atoms with Crippen molar-refractivity contribution in [3.8, 4) is 0 Å². The Morgan fingerprint density at radius 3 is 2.36 bits per heavy atom. The molecular formula is C22H26ClN3O2. The molecular weight excluding hydrogens is 374 g/mol. The van der Waals surface area contributed by atoms with Crippen LogP contribution in [0.25, 0.3) is 0 Å². The molecule has 0 aliphatic carbocycles. The average Bonchev–Trinajstić information content (AvgIpc) is 2.68. The number of carbonyl (C=O) groups is 2. The van der Waals surface area contributed by atoms with Crippen LogP contribution < -0.4 is 10.2 Å². The SMILES string of the molecule is CC(C)C(=O)N1CCN(c2ccc(Cl)cc2NC(=O)Cc2ccccc2)CC1. The summed E-state index contributed by atoms with van der Waals surface area (Å²) in [7, 11) is 0. The summed E-state index contributed by atoms with van der Waals surface area (Å²) < 4.78 is 0. The predicted molar refractivity (Wildman–Crippen MR) is 114 cm³/mol. The van der Waals surface area contributed by atoms with Crippen molar-refractivity contribution in [1.82, 2.24) is 4.90 Å². The zero-order valence-corrected chi connectivity index (χ0v) is 17.1. The fourth-order valence-electron chi connectivity index (χ4n) is 3.39.